The molecule has 1 aromatic heterocycles. The molecule has 4 heteroatoms. The third kappa shape index (κ3) is 3.28. The number of hydrogen-bond donors (Lipinski definition) is 0. The van der Waals surface area contributed by atoms with E-state index in [9.17, 15) is 0 Å². The standard InChI is InChI=1S/C40H24BNO2/c1-3-10-25(11-4-1)27-18-20-33-30(22-27)31-23-32-38(24-34(31)42(33)28-13-5-2-6-14-28)44-36-17-9-16-35-40(36)41(32)39-29-15-8-7-12-26(29)19-21-37(39)43-35/h1-24H. The average molecular weight is 561 g/mol. The first kappa shape index (κ1) is 23.8. The molecule has 0 bridgehead atoms. The van der Waals surface area contributed by atoms with Crippen molar-refractivity contribution in [3.8, 4) is 39.8 Å². The van der Waals surface area contributed by atoms with Gasteiger partial charge < -0.3 is 14.0 Å². The van der Waals surface area contributed by atoms with Gasteiger partial charge >= 0.3 is 0 Å². The summed E-state index contributed by atoms with van der Waals surface area (Å²) >= 11 is 0. The smallest absolute Gasteiger partial charge is 0.261 e. The zero-order valence-corrected chi connectivity index (χ0v) is 23.7. The Balaban J connectivity index is 1.31. The maximum Gasteiger partial charge on any atom is 0.261 e. The minimum atomic E-state index is -0.0170. The lowest BCUT2D eigenvalue weighted by atomic mass is 9.34. The predicted octanol–water partition coefficient (Wildman–Crippen LogP) is 8.33. The molecule has 0 radical (unpaired) electrons. The van der Waals surface area contributed by atoms with E-state index in [-0.39, 0.29) is 6.71 Å². The molecule has 204 valence electrons. The summed E-state index contributed by atoms with van der Waals surface area (Å²) in [5, 5.41) is 4.84. The van der Waals surface area contributed by atoms with E-state index in [0.717, 1.165) is 45.1 Å². The van der Waals surface area contributed by atoms with Crippen LogP contribution in [0.15, 0.2) is 146 Å². The summed E-state index contributed by atoms with van der Waals surface area (Å²) in [5.74, 6) is 3.51. The van der Waals surface area contributed by atoms with Gasteiger partial charge in [-0.25, -0.2) is 0 Å². The number of ether oxygens (including phenoxy) is 2. The van der Waals surface area contributed by atoms with Crippen LogP contribution in [0.4, 0.5) is 0 Å². The van der Waals surface area contributed by atoms with Gasteiger partial charge in [0.25, 0.3) is 6.71 Å². The Labute approximate surface area is 254 Å². The van der Waals surface area contributed by atoms with Crippen molar-refractivity contribution in [1.82, 2.24) is 4.57 Å². The van der Waals surface area contributed by atoms with E-state index in [1.54, 1.807) is 0 Å². The van der Waals surface area contributed by atoms with Gasteiger partial charge in [-0.15, -0.1) is 0 Å². The van der Waals surface area contributed by atoms with Crippen LogP contribution in [0.2, 0.25) is 0 Å². The van der Waals surface area contributed by atoms with Gasteiger partial charge in [0.05, 0.1) is 11.0 Å². The van der Waals surface area contributed by atoms with E-state index in [0.29, 0.717) is 0 Å². The highest BCUT2D eigenvalue weighted by atomic mass is 16.5. The maximum atomic E-state index is 6.75. The Hall–Kier alpha value is -5.74. The summed E-state index contributed by atoms with van der Waals surface area (Å²) in [6.45, 7) is -0.0170. The highest BCUT2D eigenvalue weighted by Gasteiger charge is 2.41. The molecule has 3 heterocycles. The minimum Gasteiger partial charge on any atom is -0.458 e. The fourth-order valence-corrected chi connectivity index (χ4v) is 7.38. The van der Waals surface area contributed by atoms with Crippen molar-refractivity contribution in [2.45, 2.75) is 0 Å². The van der Waals surface area contributed by atoms with Crippen molar-refractivity contribution >= 4 is 55.7 Å². The van der Waals surface area contributed by atoms with E-state index < -0.39 is 0 Å². The van der Waals surface area contributed by atoms with E-state index in [1.807, 2.05) is 6.07 Å². The van der Waals surface area contributed by atoms with Crippen LogP contribution in [0.25, 0.3) is 49.4 Å². The zero-order valence-electron chi connectivity index (χ0n) is 23.7. The molecule has 0 saturated carbocycles. The normalized spacial score (nSPS) is 12.9. The first-order chi connectivity index (χ1) is 21.8. The van der Waals surface area contributed by atoms with Crippen LogP contribution in [-0.4, -0.2) is 11.3 Å². The monoisotopic (exact) mass is 561 g/mol. The van der Waals surface area contributed by atoms with Gasteiger partial charge in [0.2, 0.25) is 0 Å². The molecule has 0 unspecified atom stereocenters. The van der Waals surface area contributed by atoms with Crippen molar-refractivity contribution in [1.29, 1.82) is 0 Å². The number of fused-ring (bicyclic) bond motifs is 9. The van der Waals surface area contributed by atoms with Crippen LogP contribution in [-0.2, 0) is 0 Å². The van der Waals surface area contributed by atoms with Crippen LogP contribution in [0, 0.1) is 0 Å². The molecule has 0 N–H and O–H groups in total. The van der Waals surface area contributed by atoms with Gasteiger partial charge in [-0.05, 0) is 75.3 Å². The third-order valence-electron chi connectivity index (χ3n) is 9.30. The highest BCUT2D eigenvalue weighted by Crippen LogP contribution is 2.40. The molecular weight excluding hydrogens is 537 g/mol. The summed E-state index contributed by atoms with van der Waals surface area (Å²) in [7, 11) is 0. The Morgan fingerprint density at radius 1 is 0.432 bits per heavy atom. The SMILES string of the molecule is c1ccc(-c2ccc3c(c2)c2cc4c(cc2n3-c2ccccc2)Oc2cccc3c2B4c2c(ccc4ccccc24)O3)cc1. The van der Waals surface area contributed by atoms with Crippen molar-refractivity contribution in [3.05, 3.63) is 146 Å². The summed E-state index contributed by atoms with van der Waals surface area (Å²) in [4.78, 5) is 0. The van der Waals surface area contributed by atoms with Crippen molar-refractivity contribution in [2.75, 3.05) is 0 Å². The van der Waals surface area contributed by atoms with Crippen LogP contribution in [0.5, 0.6) is 23.0 Å². The summed E-state index contributed by atoms with van der Waals surface area (Å²) < 4.78 is 15.7. The second kappa shape index (κ2) is 8.89. The topological polar surface area (TPSA) is 23.4 Å². The van der Waals surface area contributed by atoms with Crippen molar-refractivity contribution < 1.29 is 9.47 Å². The molecule has 0 spiro atoms. The lowest BCUT2D eigenvalue weighted by Crippen LogP contribution is -2.57. The molecule has 0 aliphatic carbocycles. The molecule has 3 nitrogen and oxygen atoms in total. The van der Waals surface area contributed by atoms with Crippen molar-refractivity contribution in [3.63, 3.8) is 0 Å². The van der Waals surface area contributed by atoms with Gasteiger partial charge in [0, 0.05) is 28.0 Å². The quantitative estimate of drug-likeness (QED) is 0.198. The van der Waals surface area contributed by atoms with Gasteiger partial charge in [-0.1, -0.05) is 97.1 Å². The fraction of sp³-hybridized carbons (Fsp3) is 0. The number of hydrogen-bond acceptors (Lipinski definition) is 2. The Morgan fingerprint density at radius 3 is 1.98 bits per heavy atom. The van der Waals surface area contributed by atoms with Crippen LogP contribution >= 0.6 is 0 Å². The average Bonchev–Trinajstić information content (AvgIpc) is 3.40. The lowest BCUT2D eigenvalue weighted by Gasteiger charge is -2.33. The summed E-state index contributed by atoms with van der Waals surface area (Å²) in [6.07, 6.45) is 0. The molecule has 0 amide bonds. The largest absolute Gasteiger partial charge is 0.458 e. The third-order valence-corrected chi connectivity index (χ3v) is 9.30. The van der Waals surface area contributed by atoms with Crippen LogP contribution < -0.4 is 25.9 Å². The first-order valence-corrected chi connectivity index (χ1v) is 15.0. The molecular formula is C40H24BNO2. The van der Waals surface area contributed by atoms with Crippen LogP contribution in [0.1, 0.15) is 0 Å². The molecule has 0 fully saturated rings. The molecule has 0 atom stereocenters. The Kier molecular flexibility index (Phi) is 4.80. The van der Waals surface area contributed by atoms with E-state index in [4.69, 9.17) is 9.47 Å². The van der Waals surface area contributed by atoms with E-state index in [2.05, 4.69) is 144 Å². The first-order valence-electron chi connectivity index (χ1n) is 15.0. The zero-order chi connectivity index (χ0) is 28.8. The molecule has 10 rings (SSSR count). The molecule has 7 aromatic carbocycles. The van der Waals surface area contributed by atoms with Gasteiger partial charge in [-0.3, -0.25) is 0 Å². The molecule has 0 saturated heterocycles. The number of para-hydroxylation sites is 1. The number of nitrogens with zero attached hydrogens (tertiary/aromatic N) is 1. The highest BCUT2D eigenvalue weighted by molar-refractivity contribution is 6.99. The van der Waals surface area contributed by atoms with Crippen LogP contribution in [0.3, 0.4) is 0 Å². The molecule has 2 aliphatic heterocycles. The van der Waals surface area contributed by atoms with Crippen molar-refractivity contribution in [2.24, 2.45) is 0 Å². The Bertz CT molecular complexity index is 2450. The molecule has 44 heavy (non-hydrogen) atoms. The summed E-state index contributed by atoms with van der Waals surface area (Å²) in [6, 6.07) is 51.7. The second-order valence-electron chi connectivity index (χ2n) is 11.7. The van der Waals surface area contributed by atoms with E-state index in [1.165, 1.54) is 43.7 Å². The summed E-state index contributed by atoms with van der Waals surface area (Å²) in [5.41, 5.74) is 9.29. The predicted molar refractivity (Wildman–Crippen MR) is 181 cm³/mol. The molecule has 2 aliphatic rings. The van der Waals surface area contributed by atoms with Gasteiger partial charge in [0.1, 0.15) is 23.0 Å². The lowest BCUT2D eigenvalue weighted by molar-refractivity contribution is 0.465. The van der Waals surface area contributed by atoms with Gasteiger partial charge in [-0.2, -0.15) is 0 Å². The Morgan fingerprint density at radius 2 is 1.14 bits per heavy atom. The fourth-order valence-electron chi connectivity index (χ4n) is 7.38. The number of aromatic nitrogens is 1. The van der Waals surface area contributed by atoms with E-state index >= 15 is 0 Å². The minimum absolute atomic E-state index is 0.0170. The molecule has 8 aromatic rings. The van der Waals surface area contributed by atoms with Gasteiger partial charge in [0.15, 0.2) is 0 Å². The number of rotatable bonds is 2. The maximum absolute atomic E-state index is 6.75. The second-order valence-corrected chi connectivity index (χ2v) is 11.7. The number of benzene rings is 7.